The van der Waals surface area contributed by atoms with Gasteiger partial charge in [0.05, 0.1) is 26.9 Å². The molecule has 1 fully saturated rings. The number of rotatable bonds is 10. The number of methoxy groups -OCH3 is 2. The van der Waals surface area contributed by atoms with Crippen LogP contribution in [-0.2, 0) is 10.7 Å². The smallest absolute Gasteiger partial charge is 0.257 e. The Kier molecular flexibility index (Phi) is 14.2. The molecule has 0 spiro atoms. The van der Waals surface area contributed by atoms with Gasteiger partial charge < -0.3 is 23.7 Å². The minimum Gasteiger partial charge on any atom is -0.497 e. The summed E-state index contributed by atoms with van der Waals surface area (Å²) in [5.41, 5.74) is 2.16. The van der Waals surface area contributed by atoms with E-state index in [1.54, 1.807) is 20.3 Å². The van der Waals surface area contributed by atoms with Crippen LogP contribution >= 0.6 is 23.6 Å². The molecule has 0 bridgehead atoms. The van der Waals surface area contributed by atoms with E-state index < -0.39 is 0 Å². The number of halogens is 1. The fourth-order valence-corrected chi connectivity index (χ4v) is 3.58. The average molecular weight is 528 g/mol. The molecule has 0 radical (unpaired) electrons. The summed E-state index contributed by atoms with van der Waals surface area (Å²) in [6, 6.07) is 7.39. The van der Waals surface area contributed by atoms with E-state index in [9.17, 15) is 0 Å². The molecule has 1 heterocycles. The summed E-state index contributed by atoms with van der Waals surface area (Å²) in [6.45, 7) is 13.8. The molecule has 7 nitrogen and oxygen atoms in total. The molecular weight excluding hydrogens is 486 g/mol. The minimum atomic E-state index is 0.300. The summed E-state index contributed by atoms with van der Waals surface area (Å²) < 4.78 is 22.1. The first-order valence-electron chi connectivity index (χ1n) is 11.9. The summed E-state index contributed by atoms with van der Waals surface area (Å²) >= 11 is 7.43. The van der Waals surface area contributed by atoms with Gasteiger partial charge >= 0.3 is 0 Å². The third kappa shape index (κ3) is 12.1. The van der Waals surface area contributed by atoms with E-state index in [-0.39, 0.29) is 0 Å². The molecule has 3 rings (SSSR count). The van der Waals surface area contributed by atoms with E-state index in [2.05, 4.69) is 43.2 Å². The maximum Gasteiger partial charge on any atom is 0.257 e. The second kappa shape index (κ2) is 16.0. The Morgan fingerprint density at radius 3 is 2.29 bits per heavy atom. The summed E-state index contributed by atoms with van der Waals surface area (Å²) in [4.78, 5) is 0. The van der Waals surface area contributed by atoms with Crippen LogP contribution in [0.5, 0.6) is 17.4 Å². The summed E-state index contributed by atoms with van der Waals surface area (Å²) in [6.07, 6.45) is 4.24. The number of ether oxygens (including phenoxy) is 3. The molecule has 1 saturated carbocycles. The summed E-state index contributed by atoms with van der Waals surface area (Å²) in [5.74, 6) is 2.37. The largest absolute Gasteiger partial charge is 0.497 e. The molecule has 1 aliphatic rings. The van der Waals surface area contributed by atoms with Crippen molar-refractivity contribution in [2.24, 2.45) is 11.3 Å². The number of benzene rings is 1. The van der Waals surface area contributed by atoms with E-state index in [0.717, 1.165) is 29.9 Å². The van der Waals surface area contributed by atoms with Crippen LogP contribution in [0, 0.1) is 11.3 Å². The predicted octanol–water partition coefficient (Wildman–Crippen LogP) is 7.29. The molecule has 1 N–H and O–H groups in total. The summed E-state index contributed by atoms with van der Waals surface area (Å²) in [7, 11) is 3.25. The van der Waals surface area contributed by atoms with Gasteiger partial charge in [0.25, 0.3) is 5.88 Å². The van der Waals surface area contributed by atoms with Crippen molar-refractivity contribution in [3.63, 3.8) is 0 Å². The van der Waals surface area contributed by atoms with Gasteiger partial charge in [-0.15, -0.1) is 10.2 Å². The lowest BCUT2D eigenvalue weighted by Gasteiger charge is -2.33. The standard InChI is InChI=1S/C19H24ClN3O4S.C5H12.C2H6/c1-24-14-5-4-13(17(8-14)25-2)10-21-16-9-18(20)22-23-19(16)26-11-12-6-15(7-12)27-28-3;1-5(2,3)4;1-2/h4-5,8-9,12,15H,6-7,10-11H2,1-3H3,(H,21,22);1-4H3;1-2H3. The fraction of sp³-hybridized carbons (Fsp3) is 0.615. The van der Waals surface area contributed by atoms with Crippen molar-refractivity contribution in [3.8, 4) is 17.4 Å². The number of hydrogen-bond acceptors (Lipinski definition) is 8. The van der Waals surface area contributed by atoms with Crippen molar-refractivity contribution >= 4 is 29.3 Å². The zero-order valence-corrected chi connectivity index (χ0v) is 24.2. The van der Waals surface area contributed by atoms with E-state index in [0.29, 0.717) is 47.3 Å². The zero-order chi connectivity index (χ0) is 26.4. The highest BCUT2D eigenvalue weighted by atomic mass is 35.5. The molecule has 0 amide bonds. The van der Waals surface area contributed by atoms with Crippen molar-refractivity contribution in [3.05, 3.63) is 35.0 Å². The number of aromatic nitrogens is 2. The second-order valence-corrected chi connectivity index (χ2v) is 10.4. The zero-order valence-electron chi connectivity index (χ0n) is 22.6. The minimum absolute atomic E-state index is 0.300. The van der Waals surface area contributed by atoms with Crippen molar-refractivity contribution < 1.29 is 18.4 Å². The lowest BCUT2D eigenvalue weighted by Crippen LogP contribution is -2.33. The van der Waals surface area contributed by atoms with Gasteiger partial charge in [-0.25, -0.2) is 0 Å². The molecule has 0 atom stereocenters. The molecule has 1 aromatic heterocycles. The first-order chi connectivity index (χ1) is 16.6. The van der Waals surface area contributed by atoms with Gasteiger partial charge in [0, 0.05) is 30.5 Å². The van der Waals surface area contributed by atoms with Crippen molar-refractivity contribution in [2.45, 2.75) is 67.0 Å². The van der Waals surface area contributed by atoms with Crippen LogP contribution in [0.15, 0.2) is 24.3 Å². The summed E-state index contributed by atoms with van der Waals surface area (Å²) in [5, 5.41) is 11.6. The molecule has 198 valence electrons. The molecule has 0 unspecified atom stereocenters. The molecule has 9 heteroatoms. The van der Waals surface area contributed by atoms with E-state index in [4.69, 9.17) is 30.0 Å². The Morgan fingerprint density at radius 2 is 1.71 bits per heavy atom. The van der Waals surface area contributed by atoms with E-state index in [1.165, 1.54) is 12.0 Å². The normalized spacial score (nSPS) is 16.5. The van der Waals surface area contributed by atoms with Gasteiger partial charge in [0.1, 0.15) is 17.2 Å². The van der Waals surface area contributed by atoms with Gasteiger partial charge in [0.2, 0.25) is 0 Å². The maximum atomic E-state index is 6.02. The third-order valence-corrected chi connectivity index (χ3v) is 5.22. The van der Waals surface area contributed by atoms with E-state index in [1.807, 2.05) is 38.3 Å². The Bertz CT molecular complexity index is 868. The fourth-order valence-electron chi connectivity index (χ4n) is 3.00. The molecule has 35 heavy (non-hydrogen) atoms. The quantitative estimate of drug-likeness (QED) is 0.323. The Balaban J connectivity index is 0.000000779. The Morgan fingerprint density at radius 1 is 1.06 bits per heavy atom. The highest BCUT2D eigenvalue weighted by Gasteiger charge is 2.31. The van der Waals surface area contributed by atoms with Crippen molar-refractivity contribution in [1.29, 1.82) is 0 Å². The van der Waals surface area contributed by atoms with Crippen LogP contribution in [0.25, 0.3) is 0 Å². The van der Waals surface area contributed by atoms with Crippen LogP contribution in [0.4, 0.5) is 5.69 Å². The molecular formula is C26H42ClN3O4S. The van der Waals surface area contributed by atoms with Gasteiger partial charge in [-0.2, -0.15) is 0 Å². The monoisotopic (exact) mass is 527 g/mol. The van der Waals surface area contributed by atoms with Crippen molar-refractivity contribution in [1.82, 2.24) is 10.2 Å². The molecule has 0 aliphatic heterocycles. The predicted molar refractivity (Wildman–Crippen MR) is 147 cm³/mol. The van der Waals surface area contributed by atoms with Crippen molar-refractivity contribution in [2.75, 3.05) is 32.4 Å². The second-order valence-electron chi connectivity index (χ2n) is 9.45. The highest BCUT2D eigenvalue weighted by Crippen LogP contribution is 2.34. The molecule has 1 aromatic carbocycles. The van der Waals surface area contributed by atoms with Gasteiger partial charge in [-0.05, 0) is 48.4 Å². The number of anilines is 1. The maximum absolute atomic E-state index is 6.02. The topological polar surface area (TPSA) is 74.7 Å². The lowest BCUT2D eigenvalue weighted by atomic mass is 9.83. The Labute approximate surface area is 220 Å². The SMILES string of the molecule is CC.CC(C)(C)C.COc1ccc(CNc2cc(Cl)nnc2OCC2CC(OSC)C2)c(OC)c1. The van der Waals surface area contributed by atoms with Crippen LogP contribution < -0.4 is 19.5 Å². The van der Waals surface area contributed by atoms with Gasteiger partial charge in [-0.1, -0.05) is 53.1 Å². The lowest BCUT2D eigenvalue weighted by molar-refractivity contribution is 0.0524. The van der Waals surface area contributed by atoms with Crippen LogP contribution in [-0.4, -0.2) is 43.4 Å². The number of nitrogens with zero attached hydrogens (tertiary/aromatic N) is 2. The number of hydrogen-bond donors (Lipinski definition) is 1. The first kappa shape index (κ1) is 31.1. The van der Waals surface area contributed by atoms with Crippen LogP contribution in [0.2, 0.25) is 5.15 Å². The van der Waals surface area contributed by atoms with Gasteiger partial charge in [0.15, 0.2) is 5.15 Å². The highest BCUT2D eigenvalue weighted by molar-refractivity contribution is 7.93. The van der Waals surface area contributed by atoms with Gasteiger partial charge in [-0.3, -0.25) is 0 Å². The molecule has 0 saturated heterocycles. The van der Waals surface area contributed by atoms with Crippen LogP contribution in [0.1, 0.15) is 59.9 Å². The first-order valence-corrected chi connectivity index (χ1v) is 13.5. The molecule has 1 aliphatic carbocycles. The van der Waals surface area contributed by atoms with E-state index >= 15 is 0 Å². The average Bonchev–Trinajstić information content (AvgIpc) is 2.80. The van der Waals surface area contributed by atoms with Crippen LogP contribution in [0.3, 0.4) is 0 Å². The Hall–Kier alpha value is -1.90. The molecule has 2 aromatic rings. The third-order valence-electron chi connectivity index (χ3n) is 4.57. The number of nitrogens with one attached hydrogen (secondary N) is 1.